The first-order valence-corrected chi connectivity index (χ1v) is 9.41. The monoisotopic (exact) mass is 346 g/mol. The molecular weight excluding hydrogens is 316 g/mol. The van der Waals surface area contributed by atoms with E-state index in [-0.39, 0.29) is 5.91 Å². The SMILES string of the molecule is CCOCc1cc(C(=O)N2CCC[C@@H]2[C@H]2CCCN2C)ccc1OC. The smallest absolute Gasteiger partial charge is 0.254 e. The van der Waals surface area contributed by atoms with Crippen LogP contribution in [0.25, 0.3) is 0 Å². The summed E-state index contributed by atoms with van der Waals surface area (Å²) in [5.74, 6) is 0.918. The third-order valence-corrected chi connectivity index (χ3v) is 5.57. The Morgan fingerprint density at radius 1 is 1.20 bits per heavy atom. The molecule has 1 aromatic carbocycles. The van der Waals surface area contributed by atoms with Gasteiger partial charge in [0.2, 0.25) is 0 Å². The van der Waals surface area contributed by atoms with Crippen LogP contribution in [-0.2, 0) is 11.3 Å². The Labute approximate surface area is 150 Å². The van der Waals surface area contributed by atoms with Gasteiger partial charge >= 0.3 is 0 Å². The van der Waals surface area contributed by atoms with Gasteiger partial charge < -0.3 is 19.3 Å². The lowest BCUT2D eigenvalue weighted by Crippen LogP contribution is -2.47. The highest BCUT2D eigenvalue weighted by atomic mass is 16.5. The number of hydrogen-bond acceptors (Lipinski definition) is 4. The van der Waals surface area contributed by atoms with Crippen molar-refractivity contribution in [3.63, 3.8) is 0 Å². The van der Waals surface area contributed by atoms with Crippen LogP contribution < -0.4 is 4.74 Å². The van der Waals surface area contributed by atoms with Gasteiger partial charge in [-0.25, -0.2) is 0 Å². The fourth-order valence-corrected chi connectivity index (χ4v) is 4.27. The molecule has 2 aliphatic heterocycles. The largest absolute Gasteiger partial charge is 0.496 e. The molecule has 2 atom stereocenters. The number of likely N-dealkylation sites (N-methyl/N-ethyl adjacent to an activating group) is 1. The van der Waals surface area contributed by atoms with E-state index in [2.05, 4.69) is 16.8 Å². The second-order valence-corrected chi connectivity index (χ2v) is 7.06. The van der Waals surface area contributed by atoms with Crippen molar-refractivity contribution >= 4 is 5.91 Å². The molecule has 1 aromatic rings. The van der Waals surface area contributed by atoms with Crippen molar-refractivity contribution in [3.8, 4) is 5.75 Å². The van der Waals surface area contributed by atoms with Crippen molar-refractivity contribution in [2.24, 2.45) is 0 Å². The van der Waals surface area contributed by atoms with Crippen LogP contribution in [0.15, 0.2) is 18.2 Å². The third kappa shape index (κ3) is 3.82. The molecule has 3 rings (SSSR count). The van der Waals surface area contributed by atoms with E-state index in [9.17, 15) is 4.79 Å². The quantitative estimate of drug-likeness (QED) is 0.794. The van der Waals surface area contributed by atoms with Crippen molar-refractivity contribution in [1.29, 1.82) is 0 Å². The first kappa shape index (κ1) is 18.2. The second-order valence-electron chi connectivity index (χ2n) is 7.06. The van der Waals surface area contributed by atoms with Gasteiger partial charge in [-0.2, -0.15) is 0 Å². The highest BCUT2D eigenvalue weighted by Crippen LogP contribution is 2.31. The summed E-state index contributed by atoms with van der Waals surface area (Å²) in [5.41, 5.74) is 1.67. The molecule has 2 heterocycles. The lowest BCUT2D eigenvalue weighted by molar-refractivity contribution is 0.0664. The molecule has 5 nitrogen and oxygen atoms in total. The first-order valence-electron chi connectivity index (χ1n) is 9.41. The minimum Gasteiger partial charge on any atom is -0.496 e. The molecule has 0 N–H and O–H groups in total. The van der Waals surface area contributed by atoms with Crippen LogP contribution in [0, 0.1) is 0 Å². The van der Waals surface area contributed by atoms with Gasteiger partial charge in [0.15, 0.2) is 0 Å². The number of methoxy groups -OCH3 is 1. The molecule has 0 bridgehead atoms. The van der Waals surface area contributed by atoms with Crippen LogP contribution in [0.2, 0.25) is 0 Å². The summed E-state index contributed by atoms with van der Waals surface area (Å²) >= 11 is 0. The normalized spacial score (nSPS) is 24.0. The third-order valence-electron chi connectivity index (χ3n) is 5.57. The Balaban J connectivity index is 1.79. The Bertz CT molecular complexity index is 605. The summed E-state index contributed by atoms with van der Waals surface area (Å²) in [5, 5.41) is 0. The summed E-state index contributed by atoms with van der Waals surface area (Å²) in [6.45, 7) is 5.08. The summed E-state index contributed by atoms with van der Waals surface area (Å²) in [6.07, 6.45) is 4.65. The zero-order valence-corrected chi connectivity index (χ0v) is 15.7. The van der Waals surface area contributed by atoms with Crippen molar-refractivity contribution in [1.82, 2.24) is 9.80 Å². The molecule has 0 spiro atoms. The van der Waals surface area contributed by atoms with Crippen LogP contribution in [0.5, 0.6) is 5.75 Å². The summed E-state index contributed by atoms with van der Waals surface area (Å²) in [7, 11) is 3.84. The van der Waals surface area contributed by atoms with Gasteiger partial charge in [-0.3, -0.25) is 4.79 Å². The molecule has 0 saturated carbocycles. The van der Waals surface area contributed by atoms with E-state index >= 15 is 0 Å². The van der Waals surface area contributed by atoms with Gasteiger partial charge in [0, 0.05) is 36.4 Å². The van der Waals surface area contributed by atoms with Crippen molar-refractivity contribution in [3.05, 3.63) is 29.3 Å². The average molecular weight is 346 g/mol. The van der Waals surface area contributed by atoms with E-state index in [1.54, 1.807) is 7.11 Å². The van der Waals surface area contributed by atoms with Gasteiger partial charge in [0.25, 0.3) is 5.91 Å². The van der Waals surface area contributed by atoms with E-state index in [0.717, 1.165) is 42.8 Å². The zero-order chi connectivity index (χ0) is 17.8. The van der Waals surface area contributed by atoms with Crippen molar-refractivity contribution in [2.45, 2.75) is 51.3 Å². The van der Waals surface area contributed by atoms with Gasteiger partial charge in [0.1, 0.15) is 5.75 Å². The lowest BCUT2D eigenvalue weighted by Gasteiger charge is -2.33. The predicted octanol–water partition coefficient (Wildman–Crippen LogP) is 2.93. The number of ether oxygens (including phenoxy) is 2. The van der Waals surface area contributed by atoms with E-state index in [1.165, 1.54) is 12.8 Å². The lowest BCUT2D eigenvalue weighted by atomic mass is 10.0. The fraction of sp³-hybridized carbons (Fsp3) is 0.650. The second kappa shape index (κ2) is 8.19. The molecule has 2 aliphatic rings. The number of nitrogens with zero attached hydrogens (tertiary/aromatic N) is 2. The first-order chi connectivity index (χ1) is 12.2. The Hall–Kier alpha value is -1.59. The maximum absolute atomic E-state index is 13.2. The molecule has 2 fully saturated rings. The molecule has 0 aliphatic carbocycles. The molecule has 0 radical (unpaired) electrons. The van der Waals surface area contributed by atoms with E-state index in [4.69, 9.17) is 9.47 Å². The van der Waals surface area contributed by atoms with Gasteiger partial charge in [0.05, 0.1) is 13.7 Å². The van der Waals surface area contributed by atoms with Crippen LogP contribution >= 0.6 is 0 Å². The number of amides is 1. The van der Waals surface area contributed by atoms with Crippen molar-refractivity contribution in [2.75, 3.05) is 33.9 Å². The average Bonchev–Trinajstić information content (AvgIpc) is 3.27. The Morgan fingerprint density at radius 3 is 2.64 bits per heavy atom. The predicted molar refractivity (Wildman–Crippen MR) is 98.0 cm³/mol. The maximum Gasteiger partial charge on any atom is 0.254 e. The number of rotatable bonds is 6. The minimum absolute atomic E-state index is 0.142. The van der Waals surface area contributed by atoms with Crippen LogP contribution in [0.3, 0.4) is 0 Å². The molecule has 138 valence electrons. The van der Waals surface area contributed by atoms with Crippen molar-refractivity contribution < 1.29 is 14.3 Å². The van der Waals surface area contributed by atoms with Crippen LogP contribution in [-0.4, -0.2) is 61.6 Å². The molecule has 0 aromatic heterocycles. The molecule has 1 amide bonds. The number of likely N-dealkylation sites (tertiary alicyclic amines) is 2. The number of carbonyl (C=O) groups is 1. The molecule has 5 heteroatoms. The zero-order valence-electron chi connectivity index (χ0n) is 15.7. The summed E-state index contributed by atoms with van der Waals surface area (Å²) in [4.78, 5) is 17.7. The van der Waals surface area contributed by atoms with Gasteiger partial charge in [-0.15, -0.1) is 0 Å². The summed E-state index contributed by atoms with van der Waals surface area (Å²) in [6, 6.07) is 6.55. The Kier molecular flexibility index (Phi) is 5.97. The van der Waals surface area contributed by atoms with Crippen LogP contribution in [0.4, 0.5) is 0 Å². The molecule has 0 unspecified atom stereocenters. The summed E-state index contributed by atoms with van der Waals surface area (Å²) < 4.78 is 10.9. The number of carbonyl (C=O) groups excluding carboxylic acids is 1. The van der Waals surface area contributed by atoms with Gasteiger partial charge in [-0.05, 0) is 64.4 Å². The van der Waals surface area contributed by atoms with E-state index in [0.29, 0.717) is 25.3 Å². The number of benzene rings is 1. The van der Waals surface area contributed by atoms with E-state index in [1.807, 2.05) is 25.1 Å². The molecule has 2 saturated heterocycles. The maximum atomic E-state index is 13.2. The highest BCUT2D eigenvalue weighted by Gasteiger charge is 2.38. The Morgan fingerprint density at radius 2 is 1.96 bits per heavy atom. The molecule has 25 heavy (non-hydrogen) atoms. The van der Waals surface area contributed by atoms with Gasteiger partial charge in [-0.1, -0.05) is 0 Å². The minimum atomic E-state index is 0.142. The molecular formula is C20H30N2O3. The van der Waals surface area contributed by atoms with E-state index < -0.39 is 0 Å². The van der Waals surface area contributed by atoms with Crippen LogP contribution in [0.1, 0.15) is 48.5 Å². The standard InChI is InChI=1S/C20H30N2O3/c1-4-25-14-16-13-15(9-10-19(16)24-3)20(23)22-12-6-8-18(22)17-7-5-11-21(17)2/h9-10,13,17-18H,4-8,11-12,14H2,1-3H3/t17-,18-/m1/s1. The topological polar surface area (TPSA) is 42.0 Å². The fourth-order valence-electron chi connectivity index (χ4n) is 4.27. The highest BCUT2D eigenvalue weighted by molar-refractivity contribution is 5.95. The number of hydrogen-bond donors (Lipinski definition) is 0.